The number of amides is 1. The lowest BCUT2D eigenvalue weighted by Crippen LogP contribution is -2.45. The van der Waals surface area contributed by atoms with E-state index in [9.17, 15) is 9.59 Å². The lowest BCUT2D eigenvalue weighted by Gasteiger charge is -2.39. The highest BCUT2D eigenvalue weighted by molar-refractivity contribution is 6.30. The van der Waals surface area contributed by atoms with Crippen LogP contribution >= 0.6 is 11.6 Å². The van der Waals surface area contributed by atoms with E-state index in [4.69, 9.17) is 26.4 Å². The molecule has 0 atom stereocenters. The predicted molar refractivity (Wildman–Crippen MR) is 155 cm³/mol. The van der Waals surface area contributed by atoms with Crippen molar-refractivity contribution in [3.63, 3.8) is 0 Å². The highest BCUT2D eigenvalue weighted by Crippen LogP contribution is 2.44. The maximum Gasteiger partial charge on any atom is 0.303 e. The summed E-state index contributed by atoms with van der Waals surface area (Å²) in [7, 11) is 0. The summed E-state index contributed by atoms with van der Waals surface area (Å²) in [6.45, 7) is 1.93. The second kappa shape index (κ2) is 11.0. The fourth-order valence-corrected chi connectivity index (χ4v) is 6.17. The van der Waals surface area contributed by atoms with Crippen LogP contribution in [-0.2, 0) is 28.2 Å². The molecular formula is C33H31ClN2O4. The summed E-state index contributed by atoms with van der Waals surface area (Å²) < 4.78 is 6.28. The Kier molecular flexibility index (Phi) is 7.30. The molecule has 1 N–H and O–H groups in total. The maximum atomic E-state index is 13.6. The van der Waals surface area contributed by atoms with Crippen LogP contribution in [-0.4, -0.2) is 40.0 Å². The van der Waals surface area contributed by atoms with Crippen LogP contribution in [0.15, 0.2) is 72.8 Å². The molecular weight excluding hydrogens is 524 g/mol. The lowest BCUT2D eigenvalue weighted by molar-refractivity contribution is -0.137. The number of carboxylic acids is 1. The second-order valence-corrected chi connectivity index (χ2v) is 11.2. The van der Waals surface area contributed by atoms with Gasteiger partial charge in [0.05, 0.1) is 23.4 Å². The zero-order chi connectivity index (χ0) is 27.7. The third-order valence-electron chi connectivity index (χ3n) is 8.22. The van der Waals surface area contributed by atoms with Gasteiger partial charge in [-0.05, 0) is 85.2 Å². The van der Waals surface area contributed by atoms with Gasteiger partial charge in [0.2, 0.25) is 0 Å². The van der Waals surface area contributed by atoms with E-state index in [1.807, 2.05) is 53.4 Å². The number of nitrogens with zero attached hydrogens (tertiary/aromatic N) is 2. The van der Waals surface area contributed by atoms with Crippen LogP contribution in [0.1, 0.15) is 59.2 Å². The number of aliphatic carboxylic acids is 1. The van der Waals surface area contributed by atoms with Crippen molar-refractivity contribution in [2.75, 3.05) is 13.1 Å². The van der Waals surface area contributed by atoms with Gasteiger partial charge in [0.15, 0.2) is 0 Å². The average molecular weight is 555 g/mol. The first kappa shape index (κ1) is 26.5. The van der Waals surface area contributed by atoms with Crippen molar-refractivity contribution in [3.8, 4) is 11.3 Å². The molecule has 2 aliphatic rings. The quantitative estimate of drug-likeness (QED) is 0.248. The first-order valence-electron chi connectivity index (χ1n) is 13.8. The number of rotatable bonds is 7. The fraction of sp³-hybridized carbons (Fsp3) is 0.303. The number of aryl methyl sites for hydroxylation is 1. The molecule has 6 nitrogen and oxygen atoms in total. The van der Waals surface area contributed by atoms with E-state index in [0.29, 0.717) is 43.1 Å². The minimum Gasteiger partial charge on any atom is -0.481 e. The van der Waals surface area contributed by atoms with E-state index >= 15 is 0 Å². The molecule has 40 heavy (non-hydrogen) atoms. The smallest absolute Gasteiger partial charge is 0.303 e. The standard InChI is InChI=1S/C33H31ClN2O4/c34-27-12-9-22(10-13-27)31-23(5-2-4-8-30(37)38)19-26-20-24(11-14-29(26)35-31)32(39)36-17-15-33(16-18-36)28-7-3-1-6-25(28)21-40-33/h1,3,6-7,9-14,19-20H,2,4-5,8,15-18,21H2,(H,37,38). The number of piperidine rings is 1. The Labute approximate surface area is 238 Å². The molecule has 4 aromatic rings. The summed E-state index contributed by atoms with van der Waals surface area (Å²) in [4.78, 5) is 31.5. The van der Waals surface area contributed by atoms with Gasteiger partial charge in [-0.25, -0.2) is 4.98 Å². The summed E-state index contributed by atoms with van der Waals surface area (Å²) in [6.07, 6.45) is 3.74. The van der Waals surface area contributed by atoms with E-state index < -0.39 is 5.97 Å². The number of carbonyl (C=O) groups is 2. The number of carbonyl (C=O) groups excluding carboxylic acids is 1. The Hall–Kier alpha value is -3.74. The number of hydrogen-bond acceptors (Lipinski definition) is 4. The van der Waals surface area contributed by atoms with Crippen molar-refractivity contribution in [1.82, 2.24) is 9.88 Å². The largest absolute Gasteiger partial charge is 0.481 e. The monoisotopic (exact) mass is 554 g/mol. The van der Waals surface area contributed by atoms with Gasteiger partial charge in [0.1, 0.15) is 0 Å². The zero-order valence-electron chi connectivity index (χ0n) is 22.2. The number of fused-ring (bicyclic) bond motifs is 3. The first-order chi connectivity index (χ1) is 19.4. The van der Waals surface area contributed by atoms with Crippen LogP contribution in [0.5, 0.6) is 0 Å². The van der Waals surface area contributed by atoms with Gasteiger partial charge in [-0.3, -0.25) is 9.59 Å². The molecule has 1 saturated heterocycles. The van der Waals surface area contributed by atoms with Crippen LogP contribution in [0, 0.1) is 0 Å². The predicted octanol–water partition coefficient (Wildman–Crippen LogP) is 7.01. The van der Waals surface area contributed by atoms with E-state index in [-0.39, 0.29) is 17.9 Å². The number of pyridine rings is 1. The Morgan fingerprint density at radius 3 is 2.52 bits per heavy atom. The highest BCUT2D eigenvalue weighted by atomic mass is 35.5. The molecule has 1 spiro atoms. The molecule has 0 saturated carbocycles. The second-order valence-electron chi connectivity index (χ2n) is 10.7. The van der Waals surface area contributed by atoms with Crippen molar-refractivity contribution in [1.29, 1.82) is 0 Å². The third-order valence-corrected chi connectivity index (χ3v) is 8.47. The van der Waals surface area contributed by atoms with E-state index in [2.05, 4.69) is 24.3 Å². The van der Waals surface area contributed by atoms with Gasteiger partial charge in [-0.15, -0.1) is 0 Å². The molecule has 0 bridgehead atoms. The molecule has 6 rings (SSSR count). The third kappa shape index (κ3) is 5.21. The van der Waals surface area contributed by atoms with Crippen LogP contribution < -0.4 is 0 Å². The molecule has 2 aliphatic heterocycles. The molecule has 0 aliphatic carbocycles. The minimum atomic E-state index is -0.787. The van der Waals surface area contributed by atoms with Gasteiger partial charge in [-0.2, -0.15) is 0 Å². The van der Waals surface area contributed by atoms with Crippen molar-refractivity contribution in [2.24, 2.45) is 0 Å². The number of aromatic nitrogens is 1. The molecule has 3 heterocycles. The number of unbranched alkanes of at least 4 members (excludes halogenated alkanes) is 1. The van der Waals surface area contributed by atoms with Crippen molar-refractivity contribution < 1.29 is 19.4 Å². The Balaban J connectivity index is 1.24. The van der Waals surface area contributed by atoms with Crippen LogP contribution in [0.4, 0.5) is 0 Å². The molecule has 0 unspecified atom stereocenters. The number of carboxylic acid groups (broad SMARTS) is 1. The van der Waals surface area contributed by atoms with Gasteiger partial charge >= 0.3 is 5.97 Å². The molecule has 7 heteroatoms. The summed E-state index contributed by atoms with van der Waals surface area (Å²) in [6, 6.07) is 23.8. The van der Waals surface area contributed by atoms with Gasteiger partial charge < -0.3 is 14.7 Å². The number of benzene rings is 3. The summed E-state index contributed by atoms with van der Waals surface area (Å²) in [5.41, 5.74) is 6.54. The average Bonchev–Trinajstić information content (AvgIpc) is 3.33. The number of hydrogen-bond donors (Lipinski definition) is 1. The number of halogens is 1. The topological polar surface area (TPSA) is 79.7 Å². The summed E-state index contributed by atoms with van der Waals surface area (Å²) in [5, 5.41) is 10.6. The zero-order valence-corrected chi connectivity index (χ0v) is 23.0. The molecule has 0 radical (unpaired) electrons. The molecule has 204 valence electrons. The van der Waals surface area contributed by atoms with Crippen LogP contribution in [0.3, 0.4) is 0 Å². The highest BCUT2D eigenvalue weighted by Gasteiger charge is 2.43. The van der Waals surface area contributed by atoms with Crippen LogP contribution in [0.2, 0.25) is 5.02 Å². The number of ether oxygens (including phenoxy) is 1. The lowest BCUT2D eigenvalue weighted by atomic mass is 9.83. The molecule has 3 aromatic carbocycles. The van der Waals surface area contributed by atoms with Crippen molar-refractivity contribution in [2.45, 2.75) is 50.7 Å². The maximum absolute atomic E-state index is 13.6. The fourth-order valence-electron chi connectivity index (χ4n) is 6.04. The van der Waals surface area contributed by atoms with Gasteiger partial charge in [0.25, 0.3) is 5.91 Å². The van der Waals surface area contributed by atoms with Gasteiger partial charge in [-0.1, -0.05) is 48.0 Å². The first-order valence-corrected chi connectivity index (χ1v) is 14.2. The minimum absolute atomic E-state index is 0.0211. The SMILES string of the molecule is O=C(O)CCCCc1cc2cc(C(=O)N3CCC4(CC3)OCc3ccccc34)ccc2nc1-c1ccc(Cl)cc1. The Bertz CT molecular complexity index is 1580. The van der Waals surface area contributed by atoms with E-state index in [1.54, 1.807) is 0 Å². The van der Waals surface area contributed by atoms with E-state index in [1.165, 1.54) is 11.1 Å². The normalized spacial score (nSPS) is 15.9. The number of likely N-dealkylation sites (tertiary alicyclic amines) is 1. The van der Waals surface area contributed by atoms with Crippen LogP contribution in [0.25, 0.3) is 22.2 Å². The van der Waals surface area contributed by atoms with Crippen molar-refractivity contribution in [3.05, 3.63) is 100 Å². The Morgan fingerprint density at radius 1 is 0.975 bits per heavy atom. The molecule has 1 fully saturated rings. The van der Waals surface area contributed by atoms with Gasteiger partial charge in [0, 0.05) is 41.0 Å². The molecule has 1 aromatic heterocycles. The summed E-state index contributed by atoms with van der Waals surface area (Å²) >= 11 is 6.12. The van der Waals surface area contributed by atoms with E-state index in [0.717, 1.165) is 47.0 Å². The van der Waals surface area contributed by atoms with Crippen molar-refractivity contribution >= 4 is 34.4 Å². The molecule has 1 amide bonds. The Morgan fingerprint density at radius 2 is 1.75 bits per heavy atom. The summed E-state index contributed by atoms with van der Waals surface area (Å²) in [5.74, 6) is -0.766.